The van der Waals surface area contributed by atoms with E-state index in [0.717, 1.165) is 18.8 Å². The first kappa shape index (κ1) is 14.2. The van der Waals surface area contributed by atoms with Gasteiger partial charge in [-0.15, -0.1) is 0 Å². The molecule has 1 heterocycles. The van der Waals surface area contributed by atoms with Crippen molar-refractivity contribution in [1.82, 2.24) is 15.1 Å². The summed E-state index contributed by atoms with van der Waals surface area (Å²) in [6.45, 7) is 2.31. The maximum atomic E-state index is 13.1. The van der Waals surface area contributed by atoms with Crippen LogP contribution in [0.1, 0.15) is 30.0 Å². The summed E-state index contributed by atoms with van der Waals surface area (Å²) in [5.41, 5.74) is 3.39. The van der Waals surface area contributed by atoms with E-state index >= 15 is 0 Å². The van der Waals surface area contributed by atoms with Crippen LogP contribution < -0.4 is 5.32 Å². The predicted octanol–water partition coefficient (Wildman–Crippen LogP) is 2.62. The molecular weight excluding hydrogens is 269 g/mol. The third-order valence-corrected chi connectivity index (χ3v) is 3.72. The van der Waals surface area contributed by atoms with E-state index in [1.54, 1.807) is 19.2 Å². The molecular formula is C16H20FN3O. The fourth-order valence-corrected chi connectivity index (χ4v) is 2.51. The molecule has 4 nitrogen and oxygen atoms in total. The highest BCUT2D eigenvalue weighted by Crippen LogP contribution is 2.42. The molecule has 1 fully saturated rings. The second kappa shape index (κ2) is 6.37. The third-order valence-electron chi connectivity index (χ3n) is 3.72. The monoisotopic (exact) mass is 289 g/mol. The van der Waals surface area contributed by atoms with Gasteiger partial charge in [-0.3, -0.25) is 0 Å². The molecule has 0 bridgehead atoms. The summed E-state index contributed by atoms with van der Waals surface area (Å²) < 4.78 is 20.1. The molecule has 0 aliphatic heterocycles. The Morgan fingerprint density at radius 2 is 2.10 bits per heavy atom. The molecule has 1 N–H and O–H groups in total. The summed E-state index contributed by atoms with van der Waals surface area (Å²) >= 11 is 0. The Labute approximate surface area is 123 Å². The van der Waals surface area contributed by atoms with Gasteiger partial charge in [-0.1, -0.05) is 0 Å². The molecule has 1 aromatic heterocycles. The van der Waals surface area contributed by atoms with Crippen molar-refractivity contribution >= 4 is 0 Å². The lowest BCUT2D eigenvalue weighted by atomic mass is 10.1. The van der Waals surface area contributed by atoms with Gasteiger partial charge in [0.2, 0.25) is 0 Å². The van der Waals surface area contributed by atoms with Crippen molar-refractivity contribution in [2.75, 3.05) is 20.3 Å². The fraction of sp³-hybridized carbons (Fsp3) is 0.438. The van der Waals surface area contributed by atoms with Crippen LogP contribution in [-0.2, 0) is 11.3 Å². The molecule has 0 saturated heterocycles. The lowest BCUT2D eigenvalue weighted by Gasteiger charge is -2.09. The standard InChI is InChI=1S/C16H20FN3O/c1-21-9-8-18-10-13-11-19-20(16(13)12-2-3-12)15-6-4-14(17)5-7-15/h4-7,11-12,18H,2-3,8-10H2,1H3. The maximum absolute atomic E-state index is 13.1. The lowest BCUT2D eigenvalue weighted by molar-refractivity contribution is 0.199. The van der Waals surface area contributed by atoms with Gasteiger partial charge in [0.25, 0.3) is 0 Å². The Balaban J connectivity index is 1.81. The highest BCUT2D eigenvalue weighted by atomic mass is 19.1. The van der Waals surface area contributed by atoms with E-state index in [0.29, 0.717) is 12.5 Å². The number of nitrogens with zero attached hydrogens (tertiary/aromatic N) is 2. The van der Waals surface area contributed by atoms with Crippen LogP contribution in [0, 0.1) is 5.82 Å². The number of methoxy groups -OCH3 is 1. The van der Waals surface area contributed by atoms with Gasteiger partial charge >= 0.3 is 0 Å². The van der Waals surface area contributed by atoms with Gasteiger partial charge in [-0.2, -0.15) is 5.10 Å². The van der Waals surface area contributed by atoms with E-state index < -0.39 is 0 Å². The number of rotatable bonds is 7. The average molecular weight is 289 g/mol. The van der Waals surface area contributed by atoms with Gasteiger partial charge in [0.1, 0.15) is 5.82 Å². The van der Waals surface area contributed by atoms with E-state index in [9.17, 15) is 4.39 Å². The van der Waals surface area contributed by atoms with E-state index in [1.807, 2.05) is 10.9 Å². The number of aromatic nitrogens is 2. The molecule has 0 spiro atoms. The first-order chi connectivity index (χ1) is 10.3. The molecule has 5 heteroatoms. The minimum absolute atomic E-state index is 0.222. The minimum atomic E-state index is -0.222. The van der Waals surface area contributed by atoms with E-state index in [-0.39, 0.29) is 5.82 Å². The van der Waals surface area contributed by atoms with Crippen LogP contribution in [-0.4, -0.2) is 30.0 Å². The van der Waals surface area contributed by atoms with E-state index in [4.69, 9.17) is 4.74 Å². The van der Waals surface area contributed by atoms with Crippen molar-refractivity contribution in [2.24, 2.45) is 0 Å². The zero-order chi connectivity index (χ0) is 14.7. The number of benzene rings is 1. The second-order valence-electron chi connectivity index (χ2n) is 5.39. The quantitative estimate of drug-likeness (QED) is 0.796. The van der Waals surface area contributed by atoms with Crippen LogP contribution in [0.15, 0.2) is 30.5 Å². The zero-order valence-electron chi connectivity index (χ0n) is 12.2. The van der Waals surface area contributed by atoms with Crippen molar-refractivity contribution in [3.63, 3.8) is 0 Å². The molecule has 0 radical (unpaired) electrons. The van der Waals surface area contributed by atoms with Crippen molar-refractivity contribution in [1.29, 1.82) is 0 Å². The molecule has 1 aliphatic rings. The van der Waals surface area contributed by atoms with E-state index in [2.05, 4.69) is 10.4 Å². The van der Waals surface area contributed by atoms with Crippen molar-refractivity contribution < 1.29 is 9.13 Å². The predicted molar refractivity (Wildman–Crippen MR) is 79.1 cm³/mol. The van der Waals surface area contributed by atoms with Crippen LogP contribution in [0.3, 0.4) is 0 Å². The van der Waals surface area contributed by atoms with Crippen LogP contribution in [0.4, 0.5) is 4.39 Å². The normalized spacial score (nSPS) is 14.6. The number of hydrogen-bond donors (Lipinski definition) is 1. The van der Waals surface area contributed by atoms with Gasteiger partial charge in [-0.25, -0.2) is 9.07 Å². The van der Waals surface area contributed by atoms with Gasteiger partial charge in [0.15, 0.2) is 0 Å². The molecule has 21 heavy (non-hydrogen) atoms. The Bertz CT molecular complexity index is 590. The zero-order valence-corrected chi connectivity index (χ0v) is 12.2. The summed E-state index contributed by atoms with van der Waals surface area (Å²) in [6, 6.07) is 6.50. The summed E-state index contributed by atoms with van der Waals surface area (Å²) in [7, 11) is 1.70. The summed E-state index contributed by atoms with van der Waals surface area (Å²) in [4.78, 5) is 0. The molecule has 1 aromatic carbocycles. The third kappa shape index (κ3) is 3.31. The largest absolute Gasteiger partial charge is 0.383 e. The Kier molecular flexibility index (Phi) is 4.31. The van der Waals surface area contributed by atoms with E-state index in [1.165, 1.54) is 36.2 Å². The second-order valence-corrected chi connectivity index (χ2v) is 5.39. The van der Waals surface area contributed by atoms with Gasteiger partial charge in [0.05, 0.1) is 24.2 Å². The first-order valence-corrected chi connectivity index (χ1v) is 7.32. The molecule has 3 rings (SSSR count). The topological polar surface area (TPSA) is 39.1 Å². The summed E-state index contributed by atoms with van der Waals surface area (Å²) in [5, 5.41) is 7.86. The van der Waals surface area contributed by atoms with Crippen LogP contribution >= 0.6 is 0 Å². The molecule has 1 saturated carbocycles. The molecule has 2 aromatic rings. The van der Waals surface area contributed by atoms with Crippen molar-refractivity contribution in [2.45, 2.75) is 25.3 Å². The van der Waals surface area contributed by atoms with Gasteiger partial charge < -0.3 is 10.1 Å². The molecule has 0 unspecified atom stereocenters. The van der Waals surface area contributed by atoms with Crippen molar-refractivity contribution in [3.8, 4) is 5.69 Å². The van der Waals surface area contributed by atoms with Gasteiger partial charge in [0, 0.05) is 31.7 Å². The van der Waals surface area contributed by atoms with Crippen LogP contribution in [0.25, 0.3) is 5.69 Å². The maximum Gasteiger partial charge on any atom is 0.123 e. The van der Waals surface area contributed by atoms with Gasteiger partial charge in [-0.05, 0) is 37.1 Å². The molecule has 0 amide bonds. The Morgan fingerprint density at radius 1 is 1.33 bits per heavy atom. The van der Waals surface area contributed by atoms with Crippen molar-refractivity contribution in [3.05, 3.63) is 47.5 Å². The lowest BCUT2D eigenvalue weighted by Crippen LogP contribution is -2.19. The summed E-state index contributed by atoms with van der Waals surface area (Å²) in [6.07, 6.45) is 4.33. The SMILES string of the molecule is COCCNCc1cnn(-c2ccc(F)cc2)c1C1CC1. The van der Waals surface area contributed by atoms with Crippen LogP contribution in [0.2, 0.25) is 0 Å². The molecule has 1 aliphatic carbocycles. The highest BCUT2D eigenvalue weighted by Gasteiger charge is 2.30. The molecule has 112 valence electrons. The smallest absolute Gasteiger partial charge is 0.123 e. The van der Waals surface area contributed by atoms with Crippen LogP contribution in [0.5, 0.6) is 0 Å². The fourth-order valence-electron chi connectivity index (χ4n) is 2.51. The number of halogens is 1. The number of nitrogens with one attached hydrogen (secondary N) is 1. The highest BCUT2D eigenvalue weighted by molar-refractivity contribution is 5.38. The molecule has 0 atom stereocenters. The average Bonchev–Trinajstić information content (AvgIpc) is 3.25. The summed E-state index contributed by atoms with van der Waals surface area (Å²) in [5.74, 6) is 0.358. The Morgan fingerprint density at radius 3 is 2.76 bits per heavy atom. The first-order valence-electron chi connectivity index (χ1n) is 7.32. The number of ether oxygens (including phenoxy) is 1. The number of hydrogen-bond acceptors (Lipinski definition) is 3. The Hall–Kier alpha value is -1.72. The minimum Gasteiger partial charge on any atom is -0.383 e.